The average molecular weight is 975 g/mol. The molecule has 0 spiro atoms. The largest absolute Gasteiger partial charge is 0.497 e. The van der Waals surface area contributed by atoms with Gasteiger partial charge in [-0.25, -0.2) is 0 Å². The predicted octanol–water partition coefficient (Wildman–Crippen LogP) is 7.87. The molecule has 0 aliphatic heterocycles. The summed E-state index contributed by atoms with van der Waals surface area (Å²) in [7, 11) is 8.02. The zero-order chi connectivity index (χ0) is 50.1. The summed E-state index contributed by atoms with van der Waals surface area (Å²) < 4.78 is 72.0. The van der Waals surface area contributed by atoms with E-state index in [9.17, 15) is 15.3 Å². The van der Waals surface area contributed by atoms with E-state index in [0.29, 0.717) is 106 Å². The normalized spacial score (nSPS) is 15.8. The lowest BCUT2D eigenvalue weighted by molar-refractivity contribution is 0.134. The Labute approximate surface area is 415 Å². The van der Waals surface area contributed by atoms with Crippen molar-refractivity contribution in [3.05, 3.63) is 153 Å². The Kier molecular flexibility index (Phi) is 18.5. The molecular formula is C56H62O15. The predicted molar refractivity (Wildman–Crippen MR) is 264 cm³/mol. The topological polar surface area (TPSA) is 171 Å². The standard InChI is InChI=1S/C56H62O15/c1-7-14-65-53-23-38(35-59)10-13-47(53)68-17-20-71-56-32-44-26-40-28-51(63-5)54(69-18-15-66-45-11-8-36(33-57)21-48(45)60-2)30-42(40)24-39-27-50(62-4)55(31-43(39)25-41(44)29-52(56)64-6)70-19-16-67-46-12-9-37(34-58)22-49(46)61-3/h1,8-13,21-23,25,27-28,30,32,41,57-59H,14-20,24,26,29,31,33-35H2,2-6H3/b43-25-/t41-/m0/s1. The summed E-state index contributed by atoms with van der Waals surface area (Å²) in [5.74, 6) is 9.13. The first-order chi connectivity index (χ1) is 34.7. The maximum absolute atomic E-state index is 9.66. The van der Waals surface area contributed by atoms with E-state index in [0.717, 1.165) is 33.4 Å². The molecular weight excluding hydrogens is 913 g/mol. The number of aliphatic hydroxyl groups is 3. The molecule has 0 bridgehead atoms. The summed E-state index contributed by atoms with van der Waals surface area (Å²) in [5.41, 5.74) is 7.41. The first-order valence-corrected chi connectivity index (χ1v) is 23.2. The van der Waals surface area contributed by atoms with Gasteiger partial charge in [0.25, 0.3) is 0 Å². The van der Waals surface area contributed by atoms with Gasteiger partial charge in [0.05, 0.1) is 55.4 Å². The van der Waals surface area contributed by atoms with E-state index in [1.54, 1.807) is 90.1 Å². The quantitative estimate of drug-likeness (QED) is 0.0433. The molecule has 71 heavy (non-hydrogen) atoms. The van der Waals surface area contributed by atoms with Gasteiger partial charge in [-0.2, -0.15) is 0 Å². The van der Waals surface area contributed by atoms with Crippen molar-refractivity contribution in [2.75, 3.05) is 81.8 Å². The lowest BCUT2D eigenvalue weighted by atomic mass is 9.83. The van der Waals surface area contributed by atoms with E-state index in [2.05, 4.69) is 18.1 Å². The maximum atomic E-state index is 9.66. The Morgan fingerprint density at radius 3 is 1.51 bits per heavy atom. The highest BCUT2D eigenvalue weighted by Crippen LogP contribution is 2.43. The summed E-state index contributed by atoms with van der Waals surface area (Å²) >= 11 is 0. The molecule has 1 atom stereocenters. The van der Waals surface area contributed by atoms with Crippen molar-refractivity contribution in [1.29, 1.82) is 0 Å². The molecule has 0 radical (unpaired) electrons. The van der Waals surface area contributed by atoms with Gasteiger partial charge in [0.2, 0.25) is 0 Å². The average Bonchev–Trinajstić information content (AvgIpc) is 3.46. The van der Waals surface area contributed by atoms with Crippen molar-refractivity contribution in [1.82, 2.24) is 0 Å². The minimum absolute atomic E-state index is 0.0523. The van der Waals surface area contributed by atoms with Gasteiger partial charge in [0, 0.05) is 18.8 Å². The molecule has 0 saturated heterocycles. The van der Waals surface area contributed by atoms with E-state index in [1.165, 1.54) is 0 Å². The fourth-order valence-corrected chi connectivity index (χ4v) is 8.47. The number of allylic oxidation sites excluding steroid dienone is 7. The molecule has 4 aromatic rings. The summed E-state index contributed by atoms with van der Waals surface area (Å²) in [6.07, 6.45) is 14.0. The van der Waals surface area contributed by atoms with E-state index < -0.39 is 0 Å². The van der Waals surface area contributed by atoms with Gasteiger partial charge >= 0.3 is 0 Å². The number of fused-ring (bicyclic) bond motifs is 3. The number of hydrogen-bond donors (Lipinski definition) is 3. The highest BCUT2D eigenvalue weighted by Gasteiger charge is 2.30. The van der Waals surface area contributed by atoms with Crippen molar-refractivity contribution in [3.63, 3.8) is 0 Å². The third-order valence-corrected chi connectivity index (χ3v) is 12.1. The first kappa shape index (κ1) is 51.5. The van der Waals surface area contributed by atoms with Crippen LogP contribution in [0.3, 0.4) is 0 Å². The van der Waals surface area contributed by atoms with Crippen LogP contribution in [-0.4, -0.2) is 97.1 Å². The first-order valence-electron chi connectivity index (χ1n) is 23.2. The van der Waals surface area contributed by atoms with Crippen LogP contribution in [0.2, 0.25) is 0 Å². The molecule has 4 aromatic carbocycles. The summed E-state index contributed by atoms with van der Waals surface area (Å²) in [6, 6.07) is 19.9. The third kappa shape index (κ3) is 13.1. The Balaban J connectivity index is 1.15. The number of ether oxygens (including phenoxy) is 12. The van der Waals surface area contributed by atoms with Gasteiger partial charge in [-0.1, -0.05) is 35.8 Å². The van der Waals surface area contributed by atoms with Crippen LogP contribution in [0.1, 0.15) is 40.7 Å². The molecule has 3 aliphatic carbocycles. The Bertz CT molecular complexity index is 2690. The smallest absolute Gasteiger partial charge is 0.163 e. The van der Waals surface area contributed by atoms with Crippen LogP contribution in [0.25, 0.3) is 0 Å². The molecule has 15 nitrogen and oxygen atoms in total. The van der Waals surface area contributed by atoms with Crippen LogP contribution in [0, 0.1) is 18.3 Å². The highest BCUT2D eigenvalue weighted by molar-refractivity contribution is 5.55. The number of methoxy groups -OCH3 is 5. The van der Waals surface area contributed by atoms with Crippen molar-refractivity contribution >= 4 is 0 Å². The van der Waals surface area contributed by atoms with Crippen LogP contribution in [0.4, 0.5) is 0 Å². The molecule has 0 unspecified atom stereocenters. The van der Waals surface area contributed by atoms with E-state index in [-0.39, 0.29) is 72.0 Å². The molecule has 0 saturated carbocycles. The Morgan fingerprint density at radius 1 is 0.465 bits per heavy atom. The zero-order valence-corrected chi connectivity index (χ0v) is 40.9. The lowest BCUT2D eigenvalue weighted by Crippen LogP contribution is -2.17. The summed E-state index contributed by atoms with van der Waals surface area (Å²) in [5, 5.41) is 28.8. The SMILES string of the molecule is C#CCOc1cc(CO)ccc1OCCOC1=C(OC)C[C@@H]2/C=C3/CC(OCCOc4ccc(CO)cc4OC)=C(OC)C=C3Cc3cc(OCCOc4ccc(CO)cc4OC)c(OC)cc3CC2=C1. The van der Waals surface area contributed by atoms with Gasteiger partial charge in [0.15, 0.2) is 57.5 Å². The van der Waals surface area contributed by atoms with Gasteiger partial charge < -0.3 is 72.2 Å². The van der Waals surface area contributed by atoms with Crippen LogP contribution >= 0.6 is 0 Å². The van der Waals surface area contributed by atoms with Gasteiger partial charge in [-0.05, 0) is 112 Å². The molecule has 376 valence electrons. The second kappa shape index (κ2) is 25.5. The monoisotopic (exact) mass is 974 g/mol. The Hall–Kier alpha value is -7.38. The van der Waals surface area contributed by atoms with Crippen molar-refractivity contribution in [3.8, 4) is 58.3 Å². The lowest BCUT2D eigenvalue weighted by Gasteiger charge is -2.27. The van der Waals surface area contributed by atoms with Gasteiger partial charge in [-0.3, -0.25) is 0 Å². The van der Waals surface area contributed by atoms with E-state index >= 15 is 0 Å². The second-order valence-corrected chi connectivity index (χ2v) is 16.5. The van der Waals surface area contributed by atoms with Crippen LogP contribution in [0.15, 0.2) is 125 Å². The van der Waals surface area contributed by atoms with Crippen molar-refractivity contribution in [2.24, 2.45) is 5.92 Å². The minimum Gasteiger partial charge on any atom is -0.497 e. The Morgan fingerprint density at radius 2 is 0.958 bits per heavy atom. The van der Waals surface area contributed by atoms with Crippen LogP contribution in [-0.2, 0) is 51.6 Å². The number of hydrogen-bond acceptors (Lipinski definition) is 15. The number of rotatable bonds is 25. The third-order valence-electron chi connectivity index (χ3n) is 12.1. The van der Waals surface area contributed by atoms with Crippen molar-refractivity contribution in [2.45, 2.75) is 45.5 Å². The van der Waals surface area contributed by atoms with Gasteiger partial charge in [0.1, 0.15) is 57.8 Å². The van der Waals surface area contributed by atoms with Crippen LogP contribution in [0.5, 0.6) is 46.0 Å². The number of aliphatic hydroxyl groups excluding tert-OH is 3. The minimum atomic E-state index is -0.149. The fraction of sp³-hybridized carbons (Fsp3) is 0.357. The van der Waals surface area contributed by atoms with Gasteiger partial charge in [-0.15, -0.1) is 6.42 Å². The van der Waals surface area contributed by atoms with Crippen LogP contribution < -0.4 is 37.9 Å². The molecule has 7 rings (SSSR count). The zero-order valence-electron chi connectivity index (χ0n) is 40.9. The molecule has 15 heteroatoms. The molecule has 0 heterocycles. The summed E-state index contributed by atoms with van der Waals surface area (Å²) in [4.78, 5) is 0. The number of benzene rings is 4. The second-order valence-electron chi connectivity index (χ2n) is 16.5. The van der Waals surface area contributed by atoms with Crippen molar-refractivity contribution < 1.29 is 72.2 Å². The number of terminal acetylenes is 1. The molecule has 3 aliphatic rings. The molecule has 0 fully saturated rings. The van der Waals surface area contributed by atoms with E-state index in [4.69, 9.17) is 63.3 Å². The van der Waals surface area contributed by atoms with E-state index in [1.807, 2.05) is 18.2 Å². The molecule has 0 aromatic heterocycles. The molecule has 3 N–H and O–H groups in total. The maximum Gasteiger partial charge on any atom is 0.163 e. The molecule has 0 amide bonds. The summed E-state index contributed by atoms with van der Waals surface area (Å²) in [6.45, 7) is 0.989. The fourth-order valence-electron chi connectivity index (χ4n) is 8.47. The highest BCUT2D eigenvalue weighted by atomic mass is 16.6.